The van der Waals surface area contributed by atoms with E-state index in [-0.39, 0.29) is 11.9 Å². The lowest BCUT2D eigenvalue weighted by atomic mass is 9.94. The summed E-state index contributed by atoms with van der Waals surface area (Å²) >= 11 is 0. The molecule has 1 fully saturated rings. The lowest BCUT2D eigenvalue weighted by molar-refractivity contribution is -0.143. The zero-order chi connectivity index (χ0) is 15.4. The lowest BCUT2D eigenvalue weighted by Gasteiger charge is -2.24. The Hall–Kier alpha value is -1.89. The minimum Gasteiger partial charge on any atom is -0.481 e. The molecule has 7 heteroatoms. The second-order valence-corrected chi connectivity index (χ2v) is 5.62. The van der Waals surface area contributed by atoms with Crippen LogP contribution in [0.2, 0.25) is 0 Å². The van der Waals surface area contributed by atoms with Crippen molar-refractivity contribution in [1.29, 1.82) is 0 Å². The minimum atomic E-state index is -0.850. The Bertz CT molecular complexity index is 514. The van der Waals surface area contributed by atoms with Crippen LogP contribution < -0.4 is 11.1 Å². The van der Waals surface area contributed by atoms with Crippen LogP contribution in [0.25, 0.3) is 0 Å². The van der Waals surface area contributed by atoms with Gasteiger partial charge in [0.2, 0.25) is 5.91 Å². The van der Waals surface area contributed by atoms with E-state index in [0.717, 1.165) is 19.3 Å². The molecule has 0 spiro atoms. The molecule has 1 aliphatic carbocycles. The highest BCUT2D eigenvalue weighted by Gasteiger charge is 2.32. The molecule has 21 heavy (non-hydrogen) atoms. The number of carbonyl (C=O) groups excluding carboxylic acids is 1. The molecule has 2 rings (SSSR count). The third-order valence-electron chi connectivity index (χ3n) is 4.03. The smallest absolute Gasteiger partial charge is 0.308 e. The zero-order valence-electron chi connectivity index (χ0n) is 12.2. The molecule has 1 aliphatic rings. The van der Waals surface area contributed by atoms with E-state index < -0.39 is 17.9 Å². The fourth-order valence-electron chi connectivity index (χ4n) is 2.80. The molecule has 3 unspecified atom stereocenters. The molecule has 4 N–H and O–H groups in total. The molecule has 116 valence electrons. The van der Waals surface area contributed by atoms with E-state index in [9.17, 15) is 14.7 Å². The number of aryl methyl sites for hydroxylation is 1. The number of carboxylic acids is 1. The van der Waals surface area contributed by atoms with Crippen molar-refractivity contribution >= 4 is 11.9 Å². The Kier molecular flexibility index (Phi) is 4.95. The Morgan fingerprint density at radius 3 is 2.76 bits per heavy atom. The van der Waals surface area contributed by atoms with Crippen LogP contribution in [0, 0.1) is 5.92 Å². The first-order chi connectivity index (χ1) is 9.99. The van der Waals surface area contributed by atoms with Gasteiger partial charge in [-0.15, -0.1) is 0 Å². The summed E-state index contributed by atoms with van der Waals surface area (Å²) in [5.41, 5.74) is 6.54. The van der Waals surface area contributed by atoms with Gasteiger partial charge in [0, 0.05) is 24.8 Å². The number of hydrogen-bond donors (Lipinski definition) is 3. The normalized spacial score (nSPS) is 24.1. The van der Waals surface area contributed by atoms with Gasteiger partial charge in [0.05, 0.1) is 12.1 Å². The number of carboxylic acid groups (broad SMARTS) is 1. The van der Waals surface area contributed by atoms with E-state index in [1.807, 2.05) is 0 Å². The summed E-state index contributed by atoms with van der Waals surface area (Å²) in [6, 6.07) is -1.17. The van der Waals surface area contributed by atoms with Crippen LogP contribution in [-0.4, -0.2) is 32.8 Å². The molecule has 0 bridgehead atoms. The van der Waals surface area contributed by atoms with Crippen molar-refractivity contribution in [2.24, 2.45) is 18.7 Å². The molecular formula is C14H22N4O3. The first-order valence-corrected chi connectivity index (χ1v) is 7.26. The van der Waals surface area contributed by atoms with E-state index in [1.54, 1.807) is 24.1 Å². The summed E-state index contributed by atoms with van der Waals surface area (Å²) < 4.78 is 1.58. The Morgan fingerprint density at radius 1 is 1.43 bits per heavy atom. The van der Waals surface area contributed by atoms with Crippen molar-refractivity contribution < 1.29 is 14.7 Å². The second kappa shape index (κ2) is 6.71. The van der Waals surface area contributed by atoms with Crippen LogP contribution >= 0.6 is 0 Å². The van der Waals surface area contributed by atoms with Crippen molar-refractivity contribution in [3.8, 4) is 0 Å². The van der Waals surface area contributed by atoms with Gasteiger partial charge in [-0.05, 0) is 12.8 Å². The fraction of sp³-hybridized carbons (Fsp3) is 0.643. The molecule has 0 aliphatic heterocycles. The van der Waals surface area contributed by atoms with Gasteiger partial charge in [-0.2, -0.15) is 5.10 Å². The molecule has 1 aromatic rings. The van der Waals surface area contributed by atoms with Gasteiger partial charge in [-0.1, -0.05) is 19.3 Å². The van der Waals surface area contributed by atoms with Crippen molar-refractivity contribution in [3.05, 3.63) is 18.0 Å². The largest absolute Gasteiger partial charge is 0.481 e. The van der Waals surface area contributed by atoms with Gasteiger partial charge in [-0.3, -0.25) is 14.3 Å². The predicted molar refractivity (Wildman–Crippen MR) is 76.3 cm³/mol. The van der Waals surface area contributed by atoms with E-state index in [0.29, 0.717) is 18.4 Å². The number of aromatic nitrogens is 2. The molecule has 0 radical (unpaired) electrons. The number of hydrogen-bond acceptors (Lipinski definition) is 4. The van der Waals surface area contributed by atoms with Crippen molar-refractivity contribution in [1.82, 2.24) is 15.1 Å². The summed E-state index contributed by atoms with van der Waals surface area (Å²) in [6.45, 7) is 0. The van der Waals surface area contributed by atoms with Gasteiger partial charge in [0.25, 0.3) is 0 Å². The number of amides is 1. The number of nitrogens with one attached hydrogen (secondary N) is 1. The van der Waals surface area contributed by atoms with Gasteiger partial charge in [0.15, 0.2) is 0 Å². The molecule has 0 saturated heterocycles. The molecule has 3 atom stereocenters. The Balaban J connectivity index is 2.03. The summed E-state index contributed by atoms with van der Waals surface area (Å²) in [5.74, 6) is -1.73. The van der Waals surface area contributed by atoms with E-state index >= 15 is 0 Å². The summed E-state index contributed by atoms with van der Waals surface area (Å²) in [6.07, 6.45) is 7.34. The maximum Gasteiger partial charge on any atom is 0.308 e. The maximum absolute atomic E-state index is 12.2. The fourth-order valence-corrected chi connectivity index (χ4v) is 2.80. The first kappa shape index (κ1) is 15.5. The van der Waals surface area contributed by atoms with Crippen molar-refractivity contribution in [2.75, 3.05) is 0 Å². The van der Waals surface area contributed by atoms with Gasteiger partial charge < -0.3 is 16.2 Å². The van der Waals surface area contributed by atoms with Crippen molar-refractivity contribution in [3.63, 3.8) is 0 Å². The van der Waals surface area contributed by atoms with E-state index in [1.165, 1.54) is 0 Å². The van der Waals surface area contributed by atoms with Gasteiger partial charge >= 0.3 is 5.97 Å². The molecule has 1 saturated carbocycles. The highest BCUT2D eigenvalue weighted by Crippen LogP contribution is 2.24. The van der Waals surface area contributed by atoms with Gasteiger partial charge in [-0.25, -0.2) is 0 Å². The summed E-state index contributed by atoms with van der Waals surface area (Å²) in [7, 11) is 1.75. The molecular weight excluding hydrogens is 272 g/mol. The third kappa shape index (κ3) is 3.81. The van der Waals surface area contributed by atoms with Crippen LogP contribution in [0.1, 0.15) is 43.7 Å². The number of aliphatic carboxylic acids is 1. The zero-order valence-corrected chi connectivity index (χ0v) is 12.2. The van der Waals surface area contributed by atoms with E-state index in [4.69, 9.17) is 5.73 Å². The highest BCUT2D eigenvalue weighted by molar-refractivity contribution is 5.83. The van der Waals surface area contributed by atoms with Crippen molar-refractivity contribution in [2.45, 2.75) is 44.2 Å². The van der Waals surface area contributed by atoms with Crippen LogP contribution in [0.4, 0.5) is 0 Å². The van der Waals surface area contributed by atoms with Crippen LogP contribution in [-0.2, 0) is 16.6 Å². The summed E-state index contributed by atoms with van der Waals surface area (Å²) in [4.78, 5) is 23.6. The topological polar surface area (TPSA) is 110 Å². The van der Waals surface area contributed by atoms with Crippen LogP contribution in [0.5, 0.6) is 0 Å². The highest BCUT2D eigenvalue weighted by atomic mass is 16.4. The molecule has 1 amide bonds. The number of nitrogens with zero attached hydrogens (tertiary/aromatic N) is 2. The molecule has 7 nitrogen and oxygen atoms in total. The average molecular weight is 294 g/mol. The summed E-state index contributed by atoms with van der Waals surface area (Å²) in [5, 5.41) is 16.1. The quantitative estimate of drug-likeness (QED) is 0.703. The number of carbonyl (C=O) groups is 2. The minimum absolute atomic E-state index is 0.346. The number of rotatable bonds is 4. The predicted octanol–water partition coefficient (Wildman–Crippen LogP) is 0.570. The van der Waals surface area contributed by atoms with Gasteiger partial charge in [0.1, 0.15) is 6.04 Å². The SMILES string of the molecule is Cn1cc(C(N)C(=O)NC2CCCCCC2C(=O)O)cn1. The third-order valence-corrected chi connectivity index (χ3v) is 4.03. The van der Waals surface area contributed by atoms with Crippen LogP contribution in [0.15, 0.2) is 12.4 Å². The van der Waals surface area contributed by atoms with Crippen LogP contribution in [0.3, 0.4) is 0 Å². The molecule has 1 aromatic heterocycles. The van der Waals surface area contributed by atoms with E-state index in [2.05, 4.69) is 10.4 Å². The Labute approximate surface area is 123 Å². The monoisotopic (exact) mass is 294 g/mol. The lowest BCUT2D eigenvalue weighted by Crippen LogP contribution is -2.46. The Morgan fingerprint density at radius 2 is 2.14 bits per heavy atom. The number of nitrogens with two attached hydrogens (primary N) is 1. The molecule has 0 aromatic carbocycles. The standard InChI is InChI=1S/C14H22N4O3/c1-18-8-9(7-16-18)12(15)13(19)17-11-6-4-2-3-5-10(11)14(20)21/h7-8,10-12H,2-6,15H2,1H3,(H,17,19)(H,20,21). The second-order valence-electron chi connectivity index (χ2n) is 5.62. The average Bonchev–Trinajstić information content (AvgIpc) is 2.73. The maximum atomic E-state index is 12.2. The molecule has 1 heterocycles. The first-order valence-electron chi connectivity index (χ1n) is 7.26.